The van der Waals surface area contributed by atoms with Crippen LogP contribution in [0.2, 0.25) is 0 Å². The van der Waals surface area contributed by atoms with E-state index in [0.29, 0.717) is 24.0 Å². The Morgan fingerprint density at radius 2 is 1.95 bits per heavy atom. The molecule has 0 saturated heterocycles. The summed E-state index contributed by atoms with van der Waals surface area (Å²) in [5.41, 5.74) is 11.9. The summed E-state index contributed by atoms with van der Waals surface area (Å²) in [6.45, 7) is 2.01. The number of primary amides is 1. The van der Waals surface area contributed by atoms with Crippen molar-refractivity contribution in [3.8, 4) is 0 Å². The van der Waals surface area contributed by atoms with E-state index in [0.717, 1.165) is 0 Å². The van der Waals surface area contributed by atoms with E-state index >= 15 is 0 Å². The van der Waals surface area contributed by atoms with Gasteiger partial charge in [0.2, 0.25) is 15.9 Å². The van der Waals surface area contributed by atoms with Crippen molar-refractivity contribution in [2.45, 2.75) is 31.1 Å². The number of amides is 1. The van der Waals surface area contributed by atoms with E-state index in [4.69, 9.17) is 23.7 Å². The van der Waals surface area contributed by atoms with Crippen LogP contribution in [0.1, 0.15) is 30.4 Å². The summed E-state index contributed by atoms with van der Waals surface area (Å²) < 4.78 is 26.7. The first-order valence-corrected chi connectivity index (χ1v) is 8.31. The SMILES string of the molecule is Cc1cc(S(=O)(=O)NCCCCC(N)=O)ccc1C(N)=S. The molecule has 1 rings (SSSR count). The zero-order chi connectivity index (χ0) is 16.0. The van der Waals surface area contributed by atoms with E-state index in [1.807, 2.05) is 0 Å². The second kappa shape index (κ2) is 7.48. The molecular weight excluding hydrogens is 310 g/mol. The van der Waals surface area contributed by atoms with Crippen LogP contribution in [0.4, 0.5) is 0 Å². The molecule has 0 unspecified atom stereocenters. The number of thiocarbonyl (C=S) groups is 1. The number of unbranched alkanes of at least 4 members (excludes halogenated alkanes) is 1. The first-order chi connectivity index (χ1) is 9.74. The summed E-state index contributed by atoms with van der Waals surface area (Å²) in [7, 11) is -3.58. The molecule has 0 bridgehead atoms. The fourth-order valence-electron chi connectivity index (χ4n) is 1.79. The number of aryl methyl sites for hydroxylation is 1. The minimum absolute atomic E-state index is 0.162. The number of rotatable bonds is 8. The summed E-state index contributed by atoms with van der Waals surface area (Å²) in [6, 6.07) is 4.59. The Balaban J connectivity index is 2.68. The van der Waals surface area contributed by atoms with Crippen LogP contribution < -0.4 is 16.2 Å². The lowest BCUT2D eigenvalue weighted by Gasteiger charge is -2.09. The summed E-state index contributed by atoms with van der Waals surface area (Å²) in [4.78, 5) is 11.0. The van der Waals surface area contributed by atoms with Gasteiger partial charge in [-0.25, -0.2) is 13.1 Å². The molecule has 1 aromatic rings. The van der Waals surface area contributed by atoms with Crippen molar-refractivity contribution in [1.29, 1.82) is 0 Å². The fourth-order valence-corrected chi connectivity index (χ4v) is 3.18. The van der Waals surface area contributed by atoms with E-state index in [-0.39, 0.29) is 28.8 Å². The lowest BCUT2D eigenvalue weighted by atomic mass is 10.1. The highest BCUT2D eigenvalue weighted by Gasteiger charge is 2.15. The standard InChI is InChI=1S/C13H19N3O3S2/c1-9-8-10(5-6-11(9)13(15)20)21(18,19)16-7-3-2-4-12(14)17/h5-6,8,16H,2-4,7H2,1H3,(H2,14,17)(H2,15,20). The van der Waals surface area contributed by atoms with Crippen molar-refractivity contribution in [2.75, 3.05) is 6.54 Å². The summed E-state index contributed by atoms with van der Waals surface area (Å²) in [6.07, 6.45) is 1.35. The minimum Gasteiger partial charge on any atom is -0.389 e. The first-order valence-electron chi connectivity index (χ1n) is 6.42. The van der Waals surface area contributed by atoms with Gasteiger partial charge in [0.1, 0.15) is 4.99 Å². The summed E-state index contributed by atoms with van der Waals surface area (Å²) >= 11 is 4.88. The van der Waals surface area contributed by atoms with Crippen molar-refractivity contribution in [1.82, 2.24) is 4.72 Å². The second-order valence-corrected chi connectivity index (χ2v) is 6.87. The third-order valence-electron chi connectivity index (χ3n) is 2.92. The van der Waals surface area contributed by atoms with Gasteiger partial charge in [-0.2, -0.15) is 0 Å². The highest BCUT2D eigenvalue weighted by atomic mass is 32.2. The Labute approximate surface area is 129 Å². The maximum absolute atomic E-state index is 12.1. The van der Waals surface area contributed by atoms with Gasteiger partial charge in [-0.1, -0.05) is 18.3 Å². The molecule has 0 atom stereocenters. The molecule has 0 aliphatic rings. The van der Waals surface area contributed by atoms with Gasteiger partial charge in [0.05, 0.1) is 4.90 Å². The molecule has 8 heteroatoms. The molecule has 1 amide bonds. The molecule has 0 fully saturated rings. The van der Waals surface area contributed by atoms with Crippen LogP contribution >= 0.6 is 12.2 Å². The van der Waals surface area contributed by atoms with Crippen LogP contribution in [0.3, 0.4) is 0 Å². The third-order valence-corrected chi connectivity index (χ3v) is 4.59. The second-order valence-electron chi connectivity index (χ2n) is 4.66. The maximum atomic E-state index is 12.1. The molecule has 1 aromatic carbocycles. The molecule has 0 aliphatic heterocycles. The zero-order valence-electron chi connectivity index (χ0n) is 11.8. The molecule has 0 aromatic heterocycles. The van der Waals surface area contributed by atoms with Gasteiger partial charge in [0.25, 0.3) is 0 Å². The number of nitrogens with two attached hydrogens (primary N) is 2. The predicted octanol–water partition coefficient (Wildman–Crippen LogP) is 0.563. The van der Waals surface area contributed by atoms with Gasteiger partial charge in [-0.05, 0) is 37.5 Å². The first kappa shape index (κ1) is 17.5. The van der Waals surface area contributed by atoms with Crippen LogP contribution in [-0.2, 0) is 14.8 Å². The van der Waals surface area contributed by atoms with Gasteiger partial charge in [-0.3, -0.25) is 4.79 Å². The molecule has 6 nitrogen and oxygen atoms in total. The summed E-state index contributed by atoms with van der Waals surface area (Å²) in [5.74, 6) is -0.387. The Kier molecular flexibility index (Phi) is 6.25. The molecule has 0 radical (unpaired) electrons. The van der Waals surface area contributed by atoms with E-state index in [9.17, 15) is 13.2 Å². The highest BCUT2D eigenvalue weighted by molar-refractivity contribution is 7.89. The smallest absolute Gasteiger partial charge is 0.240 e. The molecule has 116 valence electrons. The lowest BCUT2D eigenvalue weighted by molar-refractivity contribution is -0.118. The van der Waals surface area contributed by atoms with Crippen molar-refractivity contribution in [2.24, 2.45) is 11.5 Å². The third kappa shape index (κ3) is 5.41. The number of carbonyl (C=O) groups is 1. The van der Waals surface area contributed by atoms with E-state index < -0.39 is 10.0 Å². The topological polar surface area (TPSA) is 115 Å². The Hall–Kier alpha value is -1.51. The predicted molar refractivity (Wildman–Crippen MR) is 85.3 cm³/mol. The summed E-state index contributed by atoms with van der Waals surface area (Å²) in [5, 5.41) is 0. The number of sulfonamides is 1. The Morgan fingerprint density at radius 1 is 1.29 bits per heavy atom. The Bertz CT molecular complexity index is 642. The Morgan fingerprint density at radius 3 is 2.48 bits per heavy atom. The van der Waals surface area contributed by atoms with Gasteiger partial charge in [-0.15, -0.1) is 0 Å². The van der Waals surface area contributed by atoms with Crippen molar-refractivity contribution in [3.63, 3.8) is 0 Å². The van der Waals surface area contributed by atoms with Crippen molar-refractivity contribution >= 4 is 33.1 Å². The molecule has 0 saturated carbocycles. The van der Waals surface area contributed by atoms with Crippen LogP contribution in [0.15, 0.2) is 23.1 Å². The largest absolute Gasteiger partial charge is 0.389 e. The van der Waals surface area contributed by atoms with Gasteiger partial charge >= 0.3 is 0 Å². The number of carbonyl (C=O) groups excluding carboxylic acids is 1. The zero-order valence-corrected chi connectivity index (χ0v) is 13.4. The van der Waals surface area contributed by atoms with E-state index in [2.05, 4.69) is 4.72 Å². The van der Waals surface area contributed by atoms with Gasteiger partial charge in [0, 0.05) is 18.5 Å². The number of nitrogens with one attached hydrogen (secondary N) is 1. The quantitative estimate of drug-likeness (QED) is 0.476. The molecule has 21 heavy (non-hydrogen) atoms. The monoisotopic (exact) mass is 329 g/mol. The van der Waals surface area contributed by atoms with Crippen LogP contribution in [0.5, 0.6) is 0 Å². The van der Waals surface area contributed by atoms with E-state index in [1.165, 1.54) is 12.1 Å². The molecule has 5 N–H and O–H groups in total. The van der Waals surface area contributed by atoms with Crippen molar-refractivity contribution < 1.29 is 13.2 Å². The van der Waals surface area contributed by atoms with Crippen LogP contribution in [0, 0.1) is 6.92 Å². The molecular formula is C13H19N3O3S2. The minimum atomic E-state index is -3.58. The fraction of sp³-hybridized carbons (Fsp3) is 0.385. The average molecular weight is 329 g/mol. The maximum Gasteiger partial charge on any atom is 0.240 e. The van der Waals surface area contributed by atoms with Gasteiger partial charge in [0.15, 0.2) is 0 Å². The molecule has 0 aliphatic carbocycles. The van der Waals surface area contributed by atoms with Gasteiger partial charge < -0.3 is 11.5 Å². The van der Waals surface area contributed by atoms with Crippen LogP contribution in [-0.4, -0.2) is 25.9 Å². The molecule has 0 spiro atoms. The number of benzene rings is 1. The van der Waals surface area contributed by atoms with E-state index in [1.54, 1.807) is 13.0 Å². The van der Waals surface area contributed by atoms with Crippen molar-refractivity contribution in [3.05, 3.63) is 29.3 Å². The normalized spacial score (nSPS) is 11.3. The highest BCUT2D eigenvalue weighted by Crippen LogP contribution is 2.15. The van der Waals surface area contributed by atoms with Crippen LogP contribution in [0.25, 0.3) is 0 Å². The molecule has 0 heterocycles. The average Bonchev–Trinajstić information content (AvgIpc) is 2.37. The lowest BCUT2D eigenvalue weighted by Crippen LogP contribution is -2.25. The number of hydrogen-bond acceptors (Lipinski definition) is 4. The number of hydrogen-bond donors (Lipinski definition) is 3.